The summed E-state index contributed by atoms with van der Waals surface area (Å²) in [6, 6.07) is 9.17. The van der Waals surface area contributed by atoms with Gasteiger partial charge in [0, 0.05) is 18.3 Å². The molecule has 1 aromatic heterocycles. The molecule has 0 atom stereocenters. The number of hydrogen-bond donors (Lipinski definition) is 1. The standard InChI is InChI=1S/C21H21F2N3O3/c1-13(2)7-8-25-20(28)17-5-3-4-6-18(17)26(21(25)29)12-19(27)24-16-10-14(22)9-15(23)11-16/h3-6,9-11,13H,7-8,12H2,1-2H3,(H,24,27). The predicted octanol–water partition coefficient (Wildman–Crippen LogP) is 3.13. The van der Waals surface area contributed by atoms with E-state index < -0.39 is 35.3 Å². The summed E-state index contributed by atoms with van der Waals surface area (Å²) in [5.41, 5.74) is -0.744. The number of rotatable bonds is 6. The minimum atomic E-state index is -0.829. The Morgan fingerprint density at radius 1 is 1.03 bits per heavy atom. The Bertz CT molecular complexity index is 1160. The van der Waals surface area contributed by atoms with Gasteiger partial charge in [-0.1, -0.05) is 26.0 Å². The lowest BCUT2D eigenvalue weighted by Gasteiger charge is -2.15. The summed E-state index contributed by atoms with van der Waals surface area (Å²) in [7, 11) is 0. The summed E-state index contributed by atoms with van der Waals surface area (Å²) in [5.74, 6) is -2.01. The first-order valence-corrected chi connectivity index (χ1v) is 9.24. The molecule has 0 radical (unpaired) electrons. The molecule has 0 fully saturated rings. The zero-order valence-electron chi connectivity index (χ0n) is 16.1. The van der Waals surface area contributed by atoms with Crippen LogP contribution in [-0.2, 0) is 17.9 Å². The highest BCUT2D eigenvalue weighted by Crippen LogP contribution is 2.13. The molecule has 3 rings (SSSR count). The van der Waals surface area contributed by atoms with Gasteiger partial charge < -0.3 is 5.32 Å². The Hall–Kier alpha value is -3.29. The highest BCUT2D eigenvalue weighted by Gasteiger charge is 2.16. The van der Waals surface area contributed by atoms with Gasteiger partial charge in [-0.05, 0) is 36.6 Å². The molecule has 2 aromatic carbocycles. The van der Waals surface area contributed by atoms with E-state index in [0.29, 0.717) is 23.4 Å². The molecule has 29 heavy (non-hydrogen) atoms. The maximum Gasteiger partial charge on any atom is 0.331 e. The van der Waals surface area contributed by atoms with Gasteiger partial charge in [-0.2, -0.15) is 0 Å². The lowest BCUT2D eigenvalue weighted by atomic mass is 10.1. The van der Waals surface area contributed by atoms with Crippen molar-refractivity contribution in [2.45, 2.75) is 33.4 Å². The minimum Gasteiger partial charge on any atom is -0.324 e. The lowest BCUT2D eigenvalue weighted by Crippen LogP contribution is -2.42. The molecule has 0 unspecified atom stereocenters. The molecule has 0 spiro atoms. The van der Waals surface area contributed by atoms with Crippen LogP contribution in [-0.4, -0.2) is 15.0 Å². The van der Waals surface area contributed by atoms with E-state index in [1.54, 1.807) is 24.3 Å². The second-order valence-corrected chi connectivity index (χ2v) is 7.23. The average molecular weight is 401 g/mol. The normalized spacial score (nSPS) is 11.2. The maximum atomic E-state index is 13.3. The van der Waals surface area contributed by atoms with E-state index in [2.05, 4.69) is 5.32 Å². The number of carbonyl (C=O) groups is 1. The molecule has 0 aliphatic heterocycles. The first-order valence-electron chi connectivity index (χ1n) is 9.24. The van der Waals surface area contributed by atoms with Crippen molar-refractivity contribution < 1.29 is 13.6 Å². The van der Waals surface area contributed by atoms with E-state index in [0.717, 1.165) is 16.7 Å². The van der Waals surface area contributed by atoms with Gasteiger partial charge in [0.1, 0.15) is 18.2 Å². The monoisotopic (exact) mass is 401 g/mol. The predicted molar refractivity (Wildman–Crippen MR) is 107 cm³/mol. The van der Waals surface area contributed by atoms with Crippen LogP contribution in [0.2, 0.25) is 0 Å². The van der Waals surface area contributed by atoms with Crippen LogP contribution >= 0.6 is 0 Å². The summed E-state index contributed by atoms with van der Waals surface area (Å²) < 4.78 is 29.0. The van der Waals surface area contributed by atoms with Gasteiger partial charge in [0.05, 0.1) is 10.9 Å². The Kier molecular flexibility index (Phi) is 5.91. The van der Waals surface area contributed by atoms with E-state index in [1.165, 1.54) is 4.57 Å². The van der Waals surface area contributed by atoms with Crippen LogP contribution in [0.5, 0.6) is 0 Å². The van der Waals surface area contributed by atoms with Crippen LogP contribution in [0.4, 0.5) is 14.5 Å². The summed E-state index contributed by atoms with van der Waals surface area (Å²) in [6.07, 6.45) is 0.627. The second kappa shape index (κ2) is 8.38. The Morgan fingerprint density at radius 2 is 1.69 bits per heavy atom. The Morgan fingerprint density at radius 3 is 2.34 bits per heavy atom. The summed E-state index contributed by atoms with van der Waals surface area (Å²) >= 11 is 0. The van der Waals surface area contributed by atoms with Crippen LogP contribution in [0, 0.1) is 17.6 Å². The number of fused-ring (bicyclic) bond motifs is 1. The van der Waals surface area contributed by atoms with Crippen molar-refractivity contribution in [1.29, 1.82) is 0 Å². The number of benzene rings is 2. The number of nitrogens with one attached hydrogen (secondary N) is 1. The molecule has 0 aliphatic carbocycles. The molecule has 0 aliphatic rings. The van der Waals surface area contributed by atoms with Gasteiger partial charge in [0.25, 0.3) is 5.56 Å². The van der Waals surface area contributed by atoms with Crippen molar-refractivity contribution in [1.82, 2.24) is 9.13 Å². The third kappa shape index (κ3) is 4.59. The van der Waals surface area contributed by atoms with Crippen LogP contribution in [0.15, 0.2) is 52.1 Å². The molecule has 8 heteroatoms. The quantitative estimate of drug-likeness (QED) is 0.690. The lowest BCUT2D eigenvalue weighted by molar-refractivity contribution is -0.116. The molecule has 1 amide bonds. The van der Waals surface area contributed by atoms with Gasteiger partial charge in [0.15, 0.2) is 0 Å². The molecular weight excluding hydrogens is 380 g/mol. The van der Waals surface area contributed by atoms with Gasteiger partial charge in [0.2, 0.25) is 5.91 Å². The van der Waals surface area contributed by atoms with Crippen molar-refractivity contribution in [3.63, 3.8) is 0 Å². The topological polar surface area (TPSA) is 73.1 Å². The summed E-state index contributed by atoms with van der Waals surface area (Å²) in [5, 5.41) is 2.70. The van der Waals surface area contributed by atoms with E-state index in [9.17, 15) is 23.2 Å². The van der Waals surface area contributed by atoms with Gasteiger partial charge in [-0.25, -0.2) is 13.6 Å². The molecule has 0 saturated heterocycles. The third-order valence-electron chi connectivity index (χ3n) is 4.51. The third-order valence-corrected chi connectivity index (χ3v) is 4.51. The van der Waals surface area contributed by atoms with Crippen molar-refractivity contribution in [3.8, 4) is 0 Å². The zero-order chi connectivity index (χ0) is 21.1. The molecule has 0 bridgehead atoms. The van der Waals surface area contributed by atoms with Crippen LogP contribution in [0.1, 0.15) is 20.3 Å². The molecule has 0 saturated carbocycles. The number of halogens is 2. The largest absolute Gasteiger partial charge is 0.331 e. The summed E-state index contributed by atoms with van der Waals surface area (Å²) in [6.45, 7) is 3.79. The Balaban J connectivity index is 2.00. The molecule has 1 heterocycles. The number of nitrogens with zero attached hydrogens (tertiary/aromatic N) is 2. The highest BCUT2D eigenvalue weighted by atomic mass is 19.1. The second-order valence-electron chi connectivity index (χ2n) is 7.23. The minimum absolute atomic E-state index is 0.0574. The van der Waals surface area contributed by atoms with Gasteiger partial charge in [-0.3, -0.25) is 18.7 Å². The number of aromatic nitrogens is 2. The average Bonchev–Trinajstić information content (AvgIpc) is 2.64. The van der Waals surface area contributed by atoms with E-state index in [1.807, 2.05) is 13.8 Å². The molecule has 152 valence electrons. The van der Waals surface area contributed by atoms with E-state index >= 15 is 0 Å². The van der Waals surface area contributed by atoms with Gasteiger partial charge >= 0.3 is 5.69 Å². The Labute approximate surface area is 165 Å². The number of para-hydroxylation sites is 1. The maximum absolute atomic E-state index is 13.3. The highest BCUT2D eigenvalue weighted by molar-refractivity contribution is 5.91. The zero-order valence-corrected chi connectivity index (χ0v) is 16.1. The van der Waals surface area contributed by atoms with E-state index in [-0.39, 0.29) is 18.2 Å². The fourth-order valence-electron chi connectivity index (χ4n) is 3.08. The van der Waals surface area contributed by atoms with Gasteiger partial charge in [-0.15, -0.1) is 0 Å². The summed E-state index contributed by atoms with van der Waals surface area (Å²) in [4.78, 5) is 38.1. The number of carbonyl (C=O) groups excluding carboxylic acids is 1. The van der Waals surface area contributed by atoms with Crippen molar-refractivity contribution >= 4 is 22.5 Å². The van der Waals surface area contributed by atoms with Crippen LogP contribution in [0.3, 0.4) is 0 Å². The van der Waals surface area contributed by atoms with E-state index in [4.69, 9.17) is 0 Å². The molecule has 6 nitrogen and oxygen atoms in total. The smallest absolute Gasteiger partial charge is 0.324 e. The van der Waals surface area contributed by atoms with Crippen LogP contribution < -0.4 is 16.6 Å². The van der Waals surface area contributed by atoms with Crippen molar-refractivity contribution in [3.05, 3.63) is 74.9 Å². The first-order chi connectivity index (χ1) is 13.8. The first kappa shape index (κ1) is 20.4. The molecular formula is C21H21F2N3O3. The molecule has 1 N–H and O–H groups in total. The number of hydrogen-bond acceptors (Lipinski definition) is 3. The number of amides is 1. The van der Waals surface area contributed by atoms with Crippen molar-refractivity contribution in [2.75, 3.05) is 5.32 Å². The molecule has 3 aromatic rings. The fraction of sp³-hybridized carbons (Fsp3) is 0.286. The van der Waals surface area contributed by atoms with Crippen molar-refractivity contribution in [2.24, 2.45) is 5.92 Å². The SMILES string of the molecule is CC(C)CCn1c(=O)c2ccccc2n(CC(=O)Nc2cc(F)cc(F)c2)c1=O. The van der Waals surface area contributed by atoms with Crippen LogP contribution in [0.25, 0.3) is 10.9 Å². The fourth-order valence-corrected chi connectivity index (χ4v) is 3.08. The number of anilines is 1.